The Morgan fingerprint density at radius 3 is 3.00 bits per heavy atom. The van der Waals surface area contributed by atoms with Crippen LogP contribution in [-0.4, -0.2) is 73.8 Å². The van der Waals surface area contributed by atoms with E-state index in [0.717, 1.165) is 26.2 Å². The molecule has 5 nitrogen and oxygen atoms in total. The first kappa shape index (κ1) is 11.9. The third-order valence-electron chi connectivity index (χ3n) is 2.25. The van der Waals surface area contributed by atoms with Gasteiger partial charge in [-0.1, -0.05) is 0 Å². The Hall–Kier alpha value is -0.200. The van der Waals surface area contributed by atoms with E-state index in [-0.39, 0.29) is 12.7 Å². The van der Waals surface area contributed by atoms with Crippen LogP contribution in [0.3, 0.4) is 0 Å². The number of likely N-dealkylation sites (N-methyl/N-ethyl adjacent to an activating group) is 1. The number of nitrogens with zero attached hydrogens (tertiary/aromatic N) is 1. The van der Waals surface area contributed by atoms with Crippen molar-refractivity contribution >= 4 is 0 Å². The zero-order chi connectivity index (χ0) is 10.4. The molecule has 84 valence electrons. The molecule has 1 fully saturated rings. The van der Waals surface area contributed by atoms with Gasteiger partial charge in [-0.05, 0) is 7.05 Å². The molecule has 1 aliphatic heterocycles. The van der Waals surface area contributed by atoms with Crippen molar-refractivity contribution in [2.45, 2.75) is 12.2 Å². The average Bonchev–Trinajstić information content (AvgIpc) is 2.19. The minimum absolute atomic E-state index is 0.186. The van der Waals surface area contributed by atoms with Gasteiger partial charge in [0.1, 0.15) is 0 Å². The second-order valence-electron chi connectivity index (χ2n) is 3.75. The molecule has 0 aliphatic carbocycles. The molecule has 1 aliphatic rings. The molecule has 14 heavy (non-hydrogen) atoms. The van der Waals surface area contributed by atoms with E-state index in [2.05, 4.69) is 5.32 Å². The standard InChI is InChI=1S/C9H20N2O3/c1-11(5-8(13)7-12)6-9-4-10-2-3-14-9/h8-10,12-13H,2-7H2,1H3. The normalized spacial score (nSPS) is 25.3. The third kappa shape index (κ3) is 4.34. The number of hydrogen-bond donors (Lipinski definition) is 3. The molecule has 0 bridgehead atoms. The molecule has 3 N–H and O–H groups in total. The molecule has 0 saturated carbocycles. The lowest BCUT2D eigenvalue weighted by molar-refractivity contribution is -0.00245. The number of aliphatic hydroxyl groups is 2. The van der Waals surface area contributed by atoms with Gasteiger partial charge in [-0.3, -0.25) is 0 Å². The zero-order valence-electron chi connectivity index (χ0n) is 8.65. The topological polar surface area (TPSA) is 65.0 Å². The number of morpholine rings is 1. The lowest BCUT2D eigenvalue weighted by Gasteiger charge is -2.28. The van der Waals surface area contributed by atoms with Crippen LogP contribution in [-0.2, 0) is 4.74 Å². The van der Waals surface area contributed by atoms with Crippen LogP contribution in [0.5, 0.6) is 0 Å². The van der Waals surface area contributed by atoms with Crippen molar-refractivity contribution in [3.63, 3.8) is 0 Å². The monoisotopic (exact) mass is 204 g/mol. The molecule has 0 radical (unpaired) electrons. The maximum Gasteiger partial charge on any atom is 0.0897 e. The SMILES string of the molecule is CN(CC(O)CO)CC1CNCCO1. The minimum Gasteiger partial charge on any atom is -0.394 e. The van der Waals surface area contributed by atoms with E-state index in [4.69, 9.17) is 9.84 Å². The molecule has 1 heterocycles. The lowest BCUT2D eigenvalue weighted by atomic mass is 10.2. The highest BCUT2D eigenvalue weighted by atomic mass is 16.5. The maximum atomic E-state index is 9.21. The van der Waals surface area contributed by atoms with Crippen molar-refractivity contribution in [2.24, 2.45) is 0 Å². The number of hydrogen-bond acceptors (Lipinski definition) is 5. The fourth-order valence-corrected chi connectivity index (χ4v) is 1.58. The number of rotatable bonds is 5. The molecular weight excluding hydrogens is 184 g/mol. The van der Waals surface area contributed by atoms with Gasteiger partial charge >= 0.3 is 0 Å². The molecule has 1 saturated heterocycles. The minimum atomic E-state index is -0.656. The van der Waals surface area contributed by atoms with Crippen molar-refractivity contribution in [1.29, 1.82) is 0 Å². The van der Waals surface area contributed by atoms with E-state index >= 15 is 0 Å². The van der Waals surface area contributed by atoms with Crippen LogP contribution in [0, 0.1) is 0 Å². The van der Waals surface area contributed by atoms with Gasteiger partial charge in [0.15, 0.2) is 0 Å². The fourth-order valence-electron chi connectivity index (χ4n) is 1.58. The number of nitrogens with one attached hydrogen (secondary N) is 1. The van der Waals surface area contributed by atoms with Gasteiger partial charge < -0.3 is 25.2 Å². The molecule has 0 amide bonds. The molecule has 0 aromatic rings. The second-order valence-corrected chi connectivity index (χ2v) is 3.75. The number of ether oxygens (including phenoxy) is 1. The van der Waals surface area contributed by atoms with Crippen LogP contribution < -0.4 is 5.32 Å². The summed E-state index contributed by atoms with van der Waals surface area (Å²) in [4.78, 5) is 1.97. The Morgan fingerprint density at radius 1 is 1.64 bits per heavy atom. The third-order valence-corrected chi connectivity index (χ3v) is 2.25. The molecular formula is C9H20N2O3. The Balaban J connectivity index is 2.14. The first-order valence-corrected chi connectivity index (χ1v) is 5.02. The van der Waals surface area contributed by atoms with Crippen molar-refractivity contribution in [2.75, 3.05) is 46.4 Å². The molecule has 0 aromatic heterocycles. The molecule has 5 heteroatoms. The van der Waals surface area contributed by atoms with Crippen LogP contribution in [0.15, 0.2) is 0 Å². The molecule has 2 atom stereocenters. The van der Waals surface area contributed by atoms with Gasteiger partial charge in [0.05, 0.1) is 25.4 Å². The predicted molar refractivity (Wildman–Crippen MR) is 53.2 cm³/mol. The first-order chi connectivity index (χ1) is 6.72. The number of aliphatic hydroxyl groups excluding tert-OH is 2. The van der Waals surface area contributed by atoms with E-state index in [9.17, 15) is 5.11 Å². The van der Waals surface area contributed by atoms with Crippen LogP contribution in [0.25, 0.3) is 0 Å². The summed E-state index contributed by atoms with van der Waals surface area (Å²) in [6.45, 7) is 3.61. The van der Waals surface area contributed by atoms with Crippen LogP contribution >= 0.6 is 0 Å². The highest BCUT2D eigenvalue weighted by Gasteiger charge is 2.16. The van der Waals surface area contributed by atoms with Crippen molar-refractivity contribution in [3.05, 3.63) is 0 Å². The van der Waals surface area contributed by atoms with E-state index in [1.165, 1.54) is 0 Å². The van der Waals surface area contributed by atoms with Gasteiger partial charge in [0.25, 0.3) is 0 Å². The Bertz CT molecular complexity index is 151. The predicted octanol–water partition coefficient (Wildman–Crippen LogP) is -1.74. The summed E-state index contributed by atoms with van der Waals surface area (Å²) >= 11 is 0. The second kappa shape index (κ2) is 6.31. The van der Waals surface area contributed by atoms with E-state index < -0.39 is 6.10 Å². The summed E-state index contributed by atoms with van der Waals surface area (Å²) in [7, 11) is 1.91. The smallest absolute Gasteiger partial charge is 0.0897 e. The molecule has 1 rings (SSSR count). The summed E-state index contributed by atoms with van der Waals surface area (Å²) in [6, 6.07) is 0. The van der Waals surface area contributed by atoms with Crippen molar-refractivity contribution < 1.29 is 14.9 Å². The van der Waals surface area contributed by atoms with Crippen molar-refractivity contribution in [1.82, 2.24) is 10.2 Å². The Kier molecular flexibility index (Phi) is 5.36. The average molecular weight is 204 g/mol. The first-order valence-electron chi connectivity index (χ1n) is 5.02. The summed E-state index contributed by atoms with van der Waals surface area (Å²) in [5.74, 6) is 0. The highest BCUT2D eigenvalue weighted by molar-refractivity contribution is 4.71. The summed E-state index contributed by atoms with van der Waals surface area (Å²) in [5, 5.41) is 21.1. The Labute approximate surface area is 84.7 Å². The van der Waals surface area contributed by atoms with Crippen LogP contribution in [0.4, 0.5) is 0 Å². The van der Waals surface area contributed by atoms with Gasteiger partial charge in [-0.25, -0.2) is 0 Å². The Morgan fingerprint density at radius 2 is 2.43 bits per heavy atom. The largest absolute Gasteiger partial charge is 0.394 e. The zero-order valence-corrected chi connectivity index (χ0v) is 8.65. The van der Waals surface area contributed by atoms with Crippen LogP contribution in [0.2, 0.25) is 0 Å². The summed E-state index contributed by atoms with van der Waals surface area (Å²) in [5.41, 5.74) is 0. The molecule has 2 unspecified atom stereocenters. The van der Waals surface area contributed by atoms with Crippen LogP contribution in [0.1, 0.15) is 0 Å². The van der Waals surface area contributed by atoms with E-state index in [1.807, 2.05) is 11.9 Å². The summed E-state index contributed by atoms with van der Waals surface area (Å²) in [6.07, 6.45) is -0.462. The highest BCUT2D eigenvalue weighted by Crippen LogP contribution is 1.99. The van der Waals surface area contributed by atoms with E-state index in [0.29, 0.717) is 6.54 Å². The van der Waals surface area contributed by atoms with Gasteiger partial charge in [0.2, 0.25) is 0 Å². The van der Waals surface area contributed by atoms with Crippen molar-refractivity contribution in [3.8, 4) is 0 Å². The summed E-state index contributed by atoms with van der Waals surface area (Å²) < 4.78 is 5.52. The molecule has 0 aromatic carbocycles. The van der Waals surface area contributed by atoms with Gasteiger partial charge in [-0.2, -0.15) is 0 Å². The van der Waals surface area contributed by atoms with Gasteiger partial charge in [-0.15, -0.1) is 0 Å². The lowest BCUT2D eigenvalue weighted by Crippen LogP contribution is -2.46. The van der Waals surface area contributed by atoms with E-state index in [1.54, 1.807) is 0 Å². The molecule has 0 spiro atoms. The fraction of sp³-hybridized carbons (Fsp3) is 1.00. The van der Waals surface area contributed by atoms with Gasteiger partial charge in [0, 0.05) is 26.2 Å². The quantitative estimate of drug-likeness (QED) is 0.496. The maximum absolute atomic E-state index is 9.21.